The lowest BCUT2D eigenvalue weighted by Gasteiger charge is -2.35. The molecule has 0 spiro atoms. The molecule has 0 aliphatic carbocycles. The maximum Gasteiger partial charge on any atom is 0.0233 e. The van der Waals surface area contributed by atoms with E-state index in [1.807, 2.05) is 0 Å². The molecule has 1 fully saturated rings. The molecule has 2 unspecified atom stereocenters. The Hall–Kier alpha value is -0.860. The van der Waals surface area contributed by atoms with E-state index < -0.39 is 0 Å². The molecular weight excluding hydrogens is 244 g/mol. The quantitative estimate of drug-likeness (QED) is 0.881. The Labute approximate surface area is 124 Å². The SMILES string of the molecule is CC1CC(C)CN(Cc2ccc(CNC(C)C)cc2)C1. The first-order chi connectivity index (χ1) is 9.52. The maximum absolute atomic E-state index is 3.46. The molecule has 1 saturated heterocycles. The first kappa shape index (κ1) is 15.5. The topological polar surface area (TPSA) is 15.3 Å². The van der Waals surface area contributed by atoms with Crippen molar-refractivity contribution < 1.29 is 0 Å². The fourth-order valence-corrected chi connectivity index (χ4v) is 3.26. The summed E-state index contributed by atoms with van der Waals surface area (Å²) >= 11 is 0. The lowest BCUT2D eigenvalue weighted by atomic mass is 9.91. The summed E-state index contributed by atoms with van der Waals surface area (Å²) in [6.45, 7) is 13.7. The van der Waals surface area contributed by atoms with Gasteiger partial charge in [0.05, 0.1) is 0 Å². The van der Waals surface area contributed by atoms with E-state index in [9.17, 15) is 0 Å². The summed E-state index contributed by atoms with van der Waals surface area (Å²) in [5.41, 5.74) is 2.82. The summed E-state index contributed by atoms with van der Waals surface area (Å²) in [5.74, 6) is 1.68. The molecule has 0 aromatic heterocycles. The molecule has 1 N–H and O–H groups in total. The smallest absolute Gasteiger partial charge is 0.0233 e. The molecule has 1 aliphatic rings. The second-order valence-electron chi connectivity index (χ2n) is 6.99. The van der Waals surface area contributed by atoms with Crippen molar-refractivity contribution in [1.29, 1.82) is 0 Å². The first-order valence-electron chi connectivity index (χ1n) is 8.06. The molecule has 112 valence electrons. The van der Waals surface area contributed by atoms with E-state index in [0.717, 1.165) is 24.9 Å². The van der Waals surface area contributed by atoms with Gasteiger partial charge in [0.25, 0.3) is 0 Å². The second-order valence-corrected chi connectivity index (χ2v) is 6.99. The van der Waals surface area contributed by atoms with Crippen LogP contribution in [-0.2, 0) is 13.1 Å². The van der Waals surface area contributed by atoms with Crippen LogP contribution in [0.2, 0.25) is 0 Å². The van der Waals surface area contributed by atoms with Gasteiger partial charge in [0.15, 0.2) is 0 Å². The molecule has 1 aliphatic heterocycles. The molecule has 1 aromatic rings. The van der Waals surface area contributed by atoms with E-state index in [0.29, 0.717) is 6.04 Å². The van der Waals surface area contributed by atoms with Gasteiger partial charge in [-0.25, -0.2) is 0 Å². The van der Waals surface area contributed by atoms with Crippen molar-refractivity contribution >= 4 is 0 Å². The molecule has 2 atom stereocenters. The van der Waals surface area contributed by atoms with Crippen molar-refractivity contribution in [3.05, 3.63) is 35.4 Å². The fraction of sp³-hybridized carbons (Fsp3) is 0.667. The van der Waals surface area contributed by atoms with Crippen LogP contribution < -0.4 is 5.32 Å². The highest BCUT2D eigenvalue weighted by atomic mass is 15.1. The predicted molar refractivity (Wildman–Crippen MR) is 86.6 cm³/mol. The Morgan fingerprint density at radius 1 is 1.05 bits per heavy atom. The van der Waals surface area contributed by atoms with Crippen molar-refractivity contribution in [2.24, 2.45) is 11.8 Å². The summed E-state index contributed by atoms with van der Waals surface area (Å²) in [4.78, 5) is 2.61. The van der Waals surface area contributed by atoms with Gasteiger partial charge in [0.2, 0.25) is 0 Å². The lowest BCUT2D eigenvalue weighted by molar-refractivity contribution is 0.134. The normalized spacial score (nSPS) is 24.2. The van der Waals surface area contributed by atoms with Crippen LogP contribution in [0.1, 0.15) is 45.2 Å². The number of hydrogen-bond acceptors (Lipinski definition) is 2. The maximum atomic E-state index is 3.46. The third kappa shape index (κ3) is 4.92. The molecule has 0 saturated carbocycles. The van der Waals surface area contributed by atoms with Crippen molar-refractivity contribution in [3.63, 3.8) is 0 Å². The summed E-state index contributed by atoms with van der Waals surface area (Å²) in [6, 6.07) is 9.66. The standard InChI is InChI=1S/C18H30N2/c1-14(2)19-10-17-5-7-18(8-6-17)13-20-11-15(3)9-16(4)12-20/h5-8,14-16,19H,9-13H2,1-4H3. The summed E-state index contributed by atoms with van der Waals surface area (Å²) in [5, 5.41) is 3.46. The van der Waals surface area contributed by atoms with Crippen molar-refractivity contribution in [2.75, 3.05) is 13.1 Å². The minimum atomic E-state index is 0.547. The highest BCUT2D eigenvalue weighted by Gasteiger charge is 2.21. The largest absolute Gasteiger partial charge is 0.310 e. The Kier molecular flexibility index (Phi) is 5.62. The molecular formula is C18H30N2. The molecule has 2 heteroatoms. The zero-order valence-electron chi connectivity index (χ0n) is 13.5. The van der Waals surface area contributed by atoms with Crippen LogP contribution in [0.15, 0.2) is 24.3 Å². The third-order valence-corrected chi connectivity index (χ3v) is 4.09. The average molecular weight is 274 g/mol. The molecule has 20 heavy (non-hydrogen) atoms. The van der Waals surface area contributed by atoms with Gasteiger partial charge in [-0.05, 0) is 29.4 Å². The highest BCUT2D eigenvalue weighted by molar-refractivity contribution is 5.22. The molecule has 0 radical (unpaired) electrons. The summed E-state index contributed by atoms with van der Waals surface area (Å²) in [6.07, 6.45) is 1.39. The Bertz CT molecular complexity index is 386. The minimum absolute atomic E-state index is 0.547. The van der Waals surface area contributed by atoms with Gasteiger partial charge in [-0.3, -0.25) is 4.90 Å². The van der Waals surface area contributed by atoms with E-state index >= 15 is 0 Å². The monoisotopic (exact) mass is 274 g/mol. The number of nitrogens with zero attached hydrogens (tertiary/aromatic N) is 1. The molecule has 0 bridgehead atoms. The van der Waals surface area contributed by atoms with E-state index in [4.69, 9.17) is 0 Å². The molecule has 1 heterocycles. The number of piperidine rings is 1. The summed E-state index contributed by atoms with van der Waals surface area (Å²) < 4.78 is 0. The van der Waals surface area contributed by atoms with Crippen LogP contribution in [0.25, 0.3) is 0 Å². The first-order valence-corrected chi connectivity index (χ1v) is 8.06. The minimum Gasteiger partial charge on any atom is -0.310 e. The average Bonchev–Trinajstić information content (AvgIpc) is 2.36. The Morgan fingerprint density at radius 2 is 1.60 bits per heavy atom. The molecule has 0 amide bonds. The van der Waals surface area contributed by atoms with Crippen molar-refractivity contribution in [2.45, 2.75) is 53.2 Å². The Morgan fingerprint density at radius 3 is 2.15 bits per heavy atom. The van der Waals surface area contributed by atoms with Gasteiger partial charge in [-0.2, -0.15) is 0 Å². The van der Waals surface area contributed by atoms with Crippen molar-refractivity contribution in [3.8, 4) is 0 Å². The Balaban J connectivity index is 1.87. The highest BCUT2D eigenvalue weighted by Crippen LogP contribution is 2.22. The summed E-state index contributed by atoms with van der Waals surface area (Å²) in [7, 11) is 0. The lowest BCUT2D eigenvalue weighted by Crippen LogP contribution is -2.38. The van der Waals surface area contributed by atoms with Crippen molar-refractivity contribution in [1.82, 2.24) is 10.2 Å². The zero-order chi connectivity index (χ0) is 14.5. The molecule has 2 rings (SSSR count). The van der Waals surface area contributed by atoms with Crippen LogP contribution in [0.3, 0.4) is 0 Å². The van der Waals surface area contributed by atoms with E-state index in [1.54, 1.807) is 0 Å². The number of likely N-dealkylation sites (tertiary alicyclic amines) is 1. The van der Waals surface area contributed by atoms with Gasteiger partial charge in [-0.15, -0.1) is 0 Å². The van der Waals surface area contributed by atoms with Gasteiger partial charge >= 0.3 is 0 Å². The van der Waals surface area contributed by atoms with Crippen LogP contribution in [0, 0.1) is 11.8 Å². The van der Waals surface area contributed by atoms with Crippen LogP contribution in [-0.4, -0.2) is 24.0 Å². The number of hydrogen-bond donors (Lipinski definition) is 1. The van der Waals surface area contributed by atoms with Gasteiger partial charge in [-0.1, -0.05) is 52.0 Å². The van der Waals surface area contributed by atoms with E-state index in [2.05, 4.69) is 62.2 Å². The van der Waals surface area contributed by atoms with Gasteiger partial charge in [0.1, 0.15) is 0 Å². The van der Waals surface area contributed by atoms with E-state index in [-0.39, 0.29) is 0 Å². The number of benzene rings is 1. The van der Waals surface area contributed by atoms with Gasteiger partial charge in [0, 0.05) is 32.2 Å². The van der Waals surface area contributed by atoms with E-state index in [1.165, 1.54) is 30.6 Å². The molecule has 1 aromatic carbocycles. The number of rotatable bonds is 5. The number of nitrogens with one attached hydrogen (secondary N) is 1. The fourth-order valence-electron chi connectivity index (χ4n) is 3.26. The second kappa shape index (κ2) is 7.24. The van der Waals surface area contributed by atoms with Crippen LogP contribution >= 0.6 is 0 Å². The van der Waals surface area contributed by atoms with Crippen LogP contribution in [0.5, 0.6) is 0 Å². The molecule has 2 nitrogen and oxygen atoms in total. The predicted octanol–water partition coefficient (Wildman–Crippen LogP) is 3.66. The van der Waals surface area contributed by atoms with Crippen LogP contribution in [0.4, 0.5) is 0 Å². The van der Waals surface area contributed by atoms with Gasteiger partial charge < -0.3 is 5.32 Å². The third-order valence-electron chi connectivity index (χ3n) is 4.09. The zero-order valence-corrected chi connectivity index (χ0v) is 13.5.